The van der Waals surface area contributed by atoms with E-state index in [1.807, 2.05) is 25.1 Å². The van der Waals surface area contributed by atoms with Gasteiger partial charge in [-0.1, -0.05) is 0 Å². The molecule has 0 unspecified atom stereocenters. The minimum absolute atomic E-state index is 0.0195. The van der Waals surface area contributed by atoms with Crippen LogP contribution in [-0.4, -0.2) is 9.55 Å². The average molecular weight is 300 g/mol. The Bertz CT molecular complexity index is 560. The molecule has 2 aromatic rings. The van der Waals surface area contributed by atoms with Crippen LogP contribution in [0.1, 0.15) is 5.82 Å². The van der Waals surface area contributed by atoms with Gasteiger partial charge in [-0.15, -0.1) is 0 Å². The third kappa shape index (κ3) is 1.43. The maximum Gasteiger partial charge on any atom is 0.261 e. The lowest BCUT2D eigenvalue weighted by Crippen LogP contribution is -2.20. The van der Waals surface area contributed by atoms with Gasteiger partial charge in [-0.25, -0.2) is 4.98 Å². The van der Waals surface area contributed by atoms with Gasteiger partial charge in [0.2, 0.25) is 0 Å². The van der Waals surface area contributed by atoms with E-state index in [1.165, 1.54) is 0 Å². The number of benzene rings is 1. The fraction of sp³-hybridized carbons (Fsp3) is 0.200. The van der Waals surface area contributed by atoms with Gasteiger partial charge in [0.1, 0.15) is 5.82 Å². The van der Waals surface area contributed by atoms with Crippen molar-refractivity contribution in [2.75, 3.05) is 0 Å². The van der Waals surface area contributed by atoms with Crippen molar-refractivity contribution in [1.29, 1.82) is 0 Å². The SMILES string of the molecule is Cc1nc2ccc(I)cc2c(=O)n1C. The summed E-state index contributed by atoms with van der Waals surface area (Å²) < 4.78 is 2.62. The van der Waals surface area contributed by atoms with Crippen LogP contribution < -0.4 is 5.56 Å². The second-order valence-corrected chi connectivity index (χ2v) is 4.43. The fourth-order valence-corrected chi connectivity index (χ4v) is 1.85. The van der Waals surface area contributed by atoms with Gasteiger partial charge in [0, 0.05) is 10.6 Å². The number of hydrogen-bond donors (Lipinski definition) is 0. The van der Waals surface area contributed by atoms with Crippen LogP contribution in [-0.2, 0) is 7.05 Å². The van der Waals surface area contributed by atoms with Gasteiger partial charge in [-0.3, -0.25) is 9.36 Å². The molecule has 1 aromatic carbocycles. The van der Waals surface area contributed by atoms with Crippen LogP contribution in [0.3, 0.4) is 0 Å². The van der Waals surface area contributed by atoms with Crippen molar-refractivity contribution in [3.63, 3.8) is 0 Å². The highest BCUT2D eigenvalue weighted by atomic mass is 127. The molecule has 4 heteroatoms. The molecule has 1 heterocycles. The molecule has 0 aliphatic heterocycles. The minimum atomic E-state index is 0.0195. The summed E-state index contributed by atoms with van der Waals surface area (Å²) in [6.45, 7) is 1.83. The molecule has 0 saturated heterocycles. The van der Waals surface area contributed by atoms with Crippen LogP contribution in [0.25, 0.3) is 10.9 Å². The number of halogens is 1. The van der Waals surface area contributed by atoms with Gasteiger partial charge in [-0.2, -0.15) is 0 Å². The van der Waals surface area contributed by atoms with E-state index in [0.29, 0.717) is 5.39 Å². The van der Waals surface area contributed by atoms with Gasteiger partial charge < -0.3 is 0 Å². The summed E-state index contributed by atoms with van der Waals surface area (Å²) in [6, 6.07) is 5.70. The second kappa shape index (κ2) is 3.34. The zero-order chi connectivity index (χ0) is 10.3. The van der Waals surface area contributed by atoms with E-state index in [-0.39, 0.29) is 5.56 Å². The van der Waals surface area contributed by atoms with Gasteiger partial charge in [0.05, 0.1) is 10.9 Å². The van der Waals surface area contributed by atoms with E-state index in [4.69, 9.17) is 0 Å². The van der Waals surface area contributed by atoms with Crippen molar-refractivity contribution in [2.45, 2.75) is 6.92 Å². The Labute approximate surface area is 94.9 Å². The number of aromatic nitrogens is 2. The minimum Gasteiger partial charge on any atom is -0.299 e. The summed E-state index contributed by atoms with van der Waals surface area (Å²) in [7, 11) is 1.74. The Morgan fingerprint density at radius 3 is 2.86 bits per heavy atom. The van der Waals surface area contributed by atoms with Crippen molar-refractivity contribution in [2.24, 2.45) is 7.05 Å². The molecule has 3 nitrogen and oxygen atoms in total. The Kier molecular flexibility index (Phi) is 2.30. The van der Waals surface area contributed by atoms with E-state index < -0.39 is 0 Å². The van der Waals surface area contributed by atoms with E-state index in [0.717, 1.165) is 14.9 Å². The Morgan fingerprint density at radius 1 is 1.43 bits per heavy atom. The maximum absolute atomic E-state index is 11.8. The number of aryl methyl sites for hydroxylation is 1. The highest BCUT2D eigenvalue weighted by Crippen LogP contribution is 2.12. The standard InChI is InChI=1S/C10H9IN2O/c1-6-12-9-4-3-7(11)5-8(9)10(14)13(6)2/h3-5H,1-2H3. The van der Waals surface area contributed by atoms with Crippen LogP contribution in [0.15, 0.2) is 23.0 Å². The Balaban J connectivity index is 2.99. The third-order valence-corrected chi connectivity index (χ3v) is 2.93. The van der Waals surface area contributed by atoms with Crippen molar-refractivity contribution < 1.29 is 0 Å². The van der Waals surface area contributed by atoms with Crippen LogP contribution in [0.2, 0.25) is 0 Å². The Hall–Kier alpha value is -0.910. The molecule has 0 aliphatic carbocycles. The first-order chi connectivity index (χ1) is 6.59. The van der Waals surface area contributed by atoms with E-state index in [1.54, 1.807) is 11.6 Å². The van der Waals surface area contributed by atoms with E-state index in [9.17, 15) is 4.79 Å². The summed E-state index contributed by atoms with van der Waals surface area (Å²) in [5, 5.41) is 0.685. The molecule has 0 saturated carbocycles. The summed E-state index contributed by atoms with van der Waals surface area (Å²) in [6.07, 6.45) is 0. The molecule has 0 bridgehead atoms. The first-order valence-corrected chi connectivity index (χ1v) is 5.30. The normalized spacial score (nSPS) is 10.8. The van der Waals surface area contributed by atoms with Crippen molar-refractivity contribution in [3.05, 3.63) is 37.9 Å². The predicted octanol–water partition coefficient (Wildman–Crippen LogP) is 1.85. The van der Waals surface area contributed by atoms with Crippen molar-refractivity contribution in [3.8, 4) is 0 Å². The van der Waals surface area contributed by atoms with Crippen LogP contribution in [0.5, 0.6) is 0 Å². The lowest BCUT2D eigenvalue weighted by molar-refractivity contribution is 0.792. The molecule has 0 spiro atoms. The number of rotatable bonds is 0. The van der Waals surface area contributed by atoms with Crippen LogP contribution in [0, 0.1) is 10.5 Å². The molecule has 14 heavy (non-hydrogen) atoms. The van der Waals surface area contributed by atoms with E-state index in [2.05, 4.69) is 27.6 Å². The molecule has 0 N–H and O–H groups in total. The summed E-state index contributed by atoms with van der Waals surface area (Å²) >= 11 is 2.19. The topological polar surface area (TPSA) is 34.9 Å². The lowest BCUT2D eigenvalue weighted by Gasteiger charge is -2.04. The van der Waals surface area contributed by atoms with Crippen molar-refractivity contribution >= 4 is 33.5 Å². The monoisotopic (exact) mass is 300 g/mol. The lowest BCUT2D eigenvalue weighted by atomic mass is 10.2. The molecule has 0 atom stereocenters. The van der Waals surface area contributed by atoms with Gasteiger partial charge in [0.25, 0.3) is 5.56 Å². The number of nitrogens with zero attached hydrogens (tertiary/aromatic N) is 2. The largest absolute Gasteiger partial charge is 0.299 e. The first-order valence-electron chi connectivity index (χ1n) is 4.22. The van der Waals surface area contributed by atoms with Gasteiger partial charge in [-0.05, 0) is 47.7 Å². The zero-order valence-corrected chi connectivity index (χ0v) is 10.1. The van der Waals surface area contributed by atoms with Crippen LogP contribution >= 0.6 is 22.6 Å². The van der Waals surface area contributed by atoms with Gasteiger partial charge >= 0.3 is 0 Å². The molecule has 2 rings (SSSR count). The zero-order valence-electron chi connectivity index (χ0n) is 7.91. The molecule has 0 amide bonds. The summed E-state index contributed by atoms with van der Waals surface area (Å²) in [4.78, 5) is 16.2. The first kappa shape index (κ1) is 9.64. The summed E-state index contributed by atoms with van der Waals surface area (Å²) in [5.41, 5.74) is 0.789. The van der Waals surface area contributed by atoms with E-state index >= 15 is 0 Å². The van der Waals surface area contributed by atoms with Crippen molar-refractivity contribution in [1.82, 2.24) is 9.55 Å². The molecule has 0 radical (unpaired) electrons. The molecule has 72 valence electrons. The third-order valence-electron chi connectivity index (χ3n) is 2.26. The maximum atomic E-state index is 11.8. The highest BCUT2D eigenvalue weighted by molar-refractivity contribution is 14.1. The average Bonchev–Trinajstić information content (AvgIpc) is 2.16. The summed E-state index contributed by atoms with van der Waals surface area (Å²) in [5.74, 6) is 0.740. The molecular weight excluding hydrogens is 291 g/mol. The predicted molar refractivity (Wildman–Crippen MR) is 64.4 cm³/mol. The number of fused-ring (bicyclic) bond motifs is 1. The quantitative estimate of drug-likeness (QED) is 0.696. The highest BCUT2D eigenvalue weighted by Gasteiger charge is 2.04. The fourth-order valence-electron chi connectivity index (χ4n) is 1.35. The smallest absolute Gasteiger partial charge is 0.261 e. The molecular formula is C10H9IN2O. The van der Waals surface area contributed by atoms with Gasteiger partial charge in [0.15, 0.2) is 0 Å². The molecule has 1 aromatic heterocycles. The second-order valence-electron chi connectivity index (χ2n) is 3.18. The molecule has 0 aliphatic rings. The Morgan fingerprint density at radius 2 is 2.14 bits per heavy atom. The van der Waals surface area contributed by atoms with Crippen LogP contribution in [0.4, 0.5) is 0 Å². The molecule has 0 fully saturated rings. The number of hydrogen-bond acceptors (Lipinski definition) is 2.